The zero-order valence-corrected chi connectivity index (χ0v) is 5.52. The van der Waals surface area contributed by atoms with Crippen molar-refractivity contribution < 1.29 is 9.53 Å². The SMILES string of the molecule is CC(=O)COC1CNC1. The maximum atomic E-state index is 10.3. The first-order valence-electron chi connectivity index (χ1n) is 3.11. The normalized spacial score (nSPS) is 19.2. The molecule has 0 aromatic carbocycles. The van der Waals surface area contributed by atoms with Crippen molar-refractivity contribution in [3.8, 4) is 0 Å². The molecule has 1 heterocycles. The van der Waals surface area contributed by atoms with E-state index in [9.17, 15) is 4.79 Å². The van der Waals surface area contributed by atoms with Gasteiger partial charge in [0.25, 0.3) is 0 Å². The smallest absolute Gasteiger partial charge is 0.155 e. The van der Waals surface area contributed by atoms with Gasteiger partial charge >= 0.3 is 0 Å². The second-order valence-electron chi connectivity index (χ2n) is 2.29. The Morgan fingerprint density at radius 3 is 2.78 bits per heavy atom. The Labute approximate surface area is 54.4 Å². The van der Waals surface area contributed by atoms with E-state index < -0.39 is 0 Å². The molecule has 0 aromatic rings. The van der Waals surface area contributed by atoms with E-state index in [2.05, 4.69) is 5.32 Å². The molecule has 52 valence electrons. The summed E-state index contributed by atoms with van der Waals surface area (Å²) < 4.78 is 5.13. The molecule has 0 aromatic heterocycles. The summed E-state index contributed by atoms with van der Waals surface area (Å²) in [6.07, 6.45) is 0.286. The molecule has 0 aliphatic carbocycles. The van der Waals surface area contributed by atoms with Gasteiger partial charge in [0.1, 0.15) is 6.61 Å². The lowest BCUT2D eigenvalue weighted by Crippen LogP contribution is -2.48. The third-order valence-corrected chi connectivity index (χ3v) is 1.27. The van der Waals surface area contributed by atoms with Crippen molar-refractivity contribution in [3.05, 3.63) is 0 Å². The van der Waals surface area contributed by atoms with Crippen molar-refractivity contribution in [3.63, 3.8) is 0 Å². The summed E-state index contributed by atoms with van der Waals surface area (Å²) in [5.41, 5.74) is 0. The summed E-state index contributed by atoms with van der Waals surface area (Å²) in [5, 5.41) is 3.05. The first-order chi connectivity index (χ1) is 4.29. The van der Waals surface area contributed by atoms with Gasteiger partial charge in [0.15, 0.2) is 5.78 Å². The van der Waals surface area contributed by atoms with Gasteiger partial charge in [-0.05, 0) is 6.92 Å². The van der Waals surface area contributed by atoms with Crippen molar-refractivity contribution >= 4 is 5.78 Å². The molecule has 1 rings (SSSR count). The molecule has 1 aliphatic heterocycles. The van der Waals surface area contributed by atoms with Crippen LogP contribution in [0.4, 0.5) is 0 Å². The Bertz CT molecular complexity index is 110. The minimum Gasteiger partial charge on any atom is -0.368 e. The molecule has 1 saturated heterocycles. The molecule has 1 aliphatic rings. The van der Waals surface area contributed by atoms with Crippen LogP contribution in [0, 0.1) is 0 Å². The highest BCUT2D eigenvalue weighted by Gasteiger charge is 2.16. The average Bonchev–Trinajstić information content (AvgIpc) is 1.60. The molecular formula is C6H11NO2. The van der Waals surface area contributed by atoms with Crippen LogP contribution in [0.3, 0.4) is 0 Å². The molecule has 0 unspecified atom stereocenters. The lowest BCUT2D eigenvalue weighted by Gasteiger charge is -2.26. The fourth-order valence-electron chi connectivity index (χ4n) is 0.615. The van der Waals surface area contributed by atoms with Crippen LogP contribution in [-0.4, -0.2) is 31.6 Å². The Morgan fingerprint density at radius 1 is 1.78 bits per heavy atom. The van der Waals surface area contributed by atoms with Crippen LogP contribution < -0.4 is 5.32 Å². The van der Waals surface area contributed by atoms with Crippen molar-refractivity contribution in [1.82, 2.24) is 5.32 Å². The van der Waals surface area contributed by atoms with Crippen LogP contribution in [0.2, 0.25) is 0 Å². The van der Waals surface area contributed by atoms with Gasteiger partial charge in [-0.3, -0.25) is 4.79 Å². The van der Waals surface area contributed by atoms with Gasteiger partial charge in [-0.2, -0.15) is 0 Å². The summed E-state index contributed by atoms with van der Waals surface area (Å²) in [6.45, 7) is 3.60. The summed E-state index contributed by atoms with van der Waals surface area (Å²) in [7, 11) is 0. The topological polar surface area (TPSA) is 38.3 Å². The number of hydrogen-bond acceptors (Lipinski definition) is 3. The largest absolute Gasteiger partial charge is 0.368 e. The monoisotopic (exact) mass is 129 g/mol. The van der Waals surface area contributed by atoms with Crippen LogP contribution >= 0.6 is 0 Å². The lowest BCUT2D eigenvalue weighted by atomic mass is 10.2. The van der Waals surface area contributed by atoms with Crippen molar-refractivity contribution in [2.24, 2.45) is 0 Å². The second-order valence-corrected chi connectivity index (χ2v) is 2.29. The summed E-state index contributed by atoms with van der Waals surface area (Å²) >= 11 is 0. The van der Waals surface area contributed by atoms with E-state index in [-0.39, 0.29) is 18.5 Å². The molecule has 3 nitrogen and oxygen atoms in total. The van der Waals surface area contributed by atoms with Crippen LogP contribution in [-0.2, 0) is 9.53 Å². The molecule has 0 atom stereocenters. The highest BCUT2D eigenvalue weighted by molar-refractivity contribution is 5.76. The number of hydrogen-bond donors (Lipinski definition) is 1. The molecule has 1 N–H and O–H groups in total. The number of ketones is 1. The molecule has 0 spiro atoms. The first kappa shape index (κ1) is 6.71. The predicted molar refractivity (Wildman–Crippen MR) is 33.3 cm³/mol. The van der Waals surface area contributed by atoms with E-state index in [0.29, 0.717) is 0 Å². The van der Waals surface area contributed by atoms with Gasteiger partial charge in [0.05, 0.1) is 6.10 Å². The van der Waals surface area contributed by atoms with Crippen molar-refractivity contribution in [1.29, 1.82) is 0 Å². The number of carbonyl (C=O) groups is 1. The van der Waals surface area contributed by atoms with E-state index in [0.717, 1.165) is 13.1 Å². The number of nitrogens with one attached hydrogen (secondary N) is 1. The predicted octanol–water partition coefficient (Wildman–Crippen LogP) is -0.436. The van der Waals surface area contributed by atoms with E-state index in [1.807, 2.05) is 0 Å². The number of carbonyl (C=O) groups excluding carboxylic acids is 1. The fraction of sp³-hybridized carbons (Fsp3) is 0.833. The Morgan fingerprint density at radius 2 is 2.44 bits per heavy atom. The average molecular weight is 129 g/mol. The van der Waals surface area contributed by atoms with Gasteiger partial charge in [0, 0.05) is 13.1 Å². The Kier molecular flexibility index (Phi) is 2.19. The third kappa shape index (κ3) is 2.11. The molecule has 0 amide bonds. The molecule has 0 saturated carbocycles. The van der Waals surface area contributed by atoms with E-state index in [1.54, 1.807) is 0 Å². The minimum absolute atomic E-state index is 0.0990. The number of ether oxygens (including phenoxy) is 1. The van der Waals surface area contributed by atoms with Gasteiger partial charge in [-0.1, -0.05) is 0 Å². The highest BCUT2D eigenvalue weighted by atomic mass is 16.5. The summed E-state index contributed by atoms with van der Waals surface area (Å²) in [6, 6.07) is 0. The van der Waals surface area contributed by atoms with Crippen LogP contribution in [0.25, 0.3) is 0 Å². The number of Topliss-reactive ketones (excluding diaryl/α,β-unsaturated/α-hetero) is 1. The quantitative estimate of drug-likeness (QED) is 0.561. The van der Waals surface area contributed by atoms with Crippen LogP contribution in [0.5, 0.6) is 0 Å². The van der Waals surface area contributed by atoms with Gasteiger partial charge in [0.2, 0.25) is 0 Å². The highest BCUT2D eigenvalue weighted by Crippen LogP contribution is 1.96. The van der Waals surface area contributed by atoms with Crippen LogP contribution in [0.1, 0.15) is 6.92 Å². The first-order valence-corrected chi connectivity index (χ1v) is 3.11. The van der Waals surface area contributed by atoms with E-state index in [1.165, 1.54) is 6.92 Å². The van der Waals surface area contributed by atoms with E-state index in [4.69, 9.17) is 4.74 Å². The maximum Gasteiger partial charge on any atom is 0.155 e. The molecule has 1 fully saturated rings. The van der Waals surface area contributed by atoms with Crippen LogP contribution in [0.15, 0.2) is 0 Å². The minimum atomic E-state index is 0.0990. The van der Waals surface area contributed by atoms with E-state index >= 15 is 0 Å². The van der Waals surface area contributed by atoms with Gasteiger partial charge in [-0.25, -0.2) is 0 Å². The van der Waals surface area contributed by atoms with Gasteiger partial charge < -0.3 is 10.1 Å². The van der Waals surface area contributed by atoms with Crippen molar-refractivity contribution in [2.75, 3.05) is 19.7 Å². The molecule has 3 heteroatoms. The standard InChI is InChI=1S/C6H11NO2/c1-5(8)4-9-6-2-7-3-6/h6-7H,2-4H2,1H3. The lowest BCUT2D eigenvalue weighted by molar-refractivity contribution is -0.124. The molecule has 0 bridgehead atoms. The zero-order chi connectivity index (χ0) is 6.69. The Balaban J connectivity index is 1.97. The zero-order valence-electron chi connectivity index (χ0n) is 5.52. The summed E-state index contributed by atoms with van der Waals surface area (Å²) in [4.78, 5) is 10.3. The third-order valence-electron chi connectivity index (χ3n) is 1.27. The second kappa shape index (κ2) is 2.94. The maximum absolute atomic E-state index is 10.3. The fourth-order valence-corrected chi connectivity index (χ4v) is 0.615. The molecular weight excluding hydrogens is 118 g/mol. The summed E-state index contributed by atoms with van der Waals surface area (Å²) in [5.74, 6) is 0.0990. The van der Waals surface area contributed by atoms with Crippen molar-refractivity contribution in [2.45, 2.75) is 13.0 Å². The number of rotatable bonds is 3. The molecule has 0 radical (unpaired) electrons. The Hall–Kier alpha value is -0.410. The molecule has 9 heavy (non-hydrogen) atoms. The van der Waals surface area contributed by atoms with Gasteiger partial charge in [-0.15, -0.1) is 0 Å².